The van der Waals surface area contributed by atoms with E-state index in [1.807, 2.05) is 6.92 Å². The molecule has 0 radical (unpaired) electrons. The van der Waals surface area contributed by atoms with Crippen molar-refractivity contribution in [3.63, 3.8) is 0 Å². The number of carbonyl (C=O) groups is 4. The summed E-state index contributed by atoms with van der Waals surface area (Å²) in [5.41, 5.74) is 0.112. The highest BCUT2D eigenvalue weighted by molar-refractivity contribution is 5.91. The minimum Gasteiger partial charge on any atom is -0.493 e. The van der Waals surface area contributed by atoms with Gasteiger partial charge in [0.25, 0.3) is 0 Å². The minimum atomic E-state index is -0.776. The van der Waals surface area contributed by atoms with Gasteiger partial charge in [-0.1, -0.05) is 39.2 Å². The molecule has 0 bridgehead atoms. The van der Waals surface area contributed by atoms with E-state index in [0.29, 0.717) is 109 Å². The van der Waals surface area contributed by atoms with Crippen molar-refractivity contribution in [2.75, 3.05) is 33.0 Å². The first-order valence-electron chi connectivity index (χ1n) is 28.4. The Hall–Kier alpha value is -6.16. The zero-order valence-electron chi connectivity index (χ0n) is 44.9. The first-order valence-corrected chi connectivity index (χ1v) is 28.4. The fourth-order valence-electron chi connectivity index (χ4n) is 11.8. The Kier molecular flexibility index (Phi) is 21.3. The molecule has 4 fully saturated rings. The average Bonchev–Trinajstić information content (AvgIpc) is 4.25. The quantitative estimate of drug-likeness (QED) is 0.0221. The molecule has 0 amide bonds. The Morgan fingerprint density at radius 3 is 1.06 bits per heavy atom. The van der Waals surface area contributed by atoms with E-state index in [4.69, 9.17) is 37.9 Å². The number of hydrogen-bond acceptors (Lipinski definition) is 12. The number of benzene rings is 4. The van der Waals surface area contributed by atoms with E-state index in [1.165, 1.54) is 54.6 Å². The normalized spacial score (nSPS) is 22.1. The molecule has 4 aromatic rings. The summed E-state index contributed by atoms with van der Waals surface area (Å²) < 4.78 is 106. The lowest BCUT2D eigenvalue weighted by atomic mass is 9.97. The molecule has 0 spiro atoms. The van der Waals surface area contributed by atoms with Crippen LogP contribution in [0.4, 0.5) is 17.6 Å². The molecule has 422 valence electrons. The van der Waals surface area contributed by atoms with E-state index in [1.54, 1.807) is 12.1 Å². The number of hydrogen-bond donors (Lipinski definition) is 0. The highest BCUT2D eigenvalue weighted by atomic mass is 19.1. The molecule has 1 unspecified atom stereocenters. The third-order valence-corrected chi connectivity index (χ3v) is 15.9. The Bertz CT molecular complexity index is 2480. The number of esters is 4. The molecule has 4 aliphatic carbocycles. The van der Waals surface area contributed by atoms with Crippen LogP contribution in [0.15, 0.2) is 72.8 Å². The lowest BCUT2D eigenvalue weighted by Gasteiger charge is -2.21. The predicted octanol–water partition coefficient (Wildman–Crippen LogP) is 13.7. The Labute approximate surface area is 455 Å². The molecule has 4 saturated carbocycles. The smallest absolute Gasteiger partial charge is 0.341 e. The topological polar surface area (TPSA) is 142 Å². The third-order valence-electron chi connectivity index (χ3n) is 15.9. The van der Waals surface area contributed by atoms with Crippen LogP contribution < -0.4 is 14.2 Å². The zero-order chi connectivity index (χ0) is 55.0. The van der Waals surface area contributed by atoms with E-state index in [2.05, 4.69) is 6.92 Å². The zero-order valence-corrected chi connectivity index (χ0v) is 44.9. The second kappa shape index (κ2) is 28.6. The van der Waals surface area contributed by atoms with Crippen LogP contribution in [-0.2, 0) is 30.1 Å². The van der Waals surface area contributed by atoms with Gasteiger partial charge < -0.3 is 37.9 Å². The van der Waals surface area contributed by atoms with Gasteiger partial charge in [-0.25, -0.2) is 36.7 Å². The Morgan fingerprint density at radius 1 is 0.385 bits per heavy atom. The summed E-state index contributed by atoms with van der Waals surface area (Å²) in [4.78, 5) is 52.4. The van der Waals surface area contributed by atoms with Gasteiger partial charge in [-0.3, -0.25) is 0 Å². The van der Waals surface area contributed by atoms with Crippen LogP contribution in [-0.4, -0.2) is 81.3 Å². The molecular formula is C62H74F4O12. The molecule has 0 heterocycles. The van der Waals surface area contributed by atoms with Crippen molar-refractivity contribution in [3.05, 3.63) is 124 Å². The van der Waals surface area contributed by atoms with Crippen molar-refractivity contribution >= 4 is 23.9 Å². The molecule has 0 saturated heterocycles. The van der Waals surface area contributed by atoms with Crippen LogP contribution in [0.1, 0.15) is 176 Å². The number of rotatable bonds is 29. The fraction of sp³-hybridized carbons (Fsp3) is 0.548. The highest BCUT2D eigenvalue weighted by Gasteiger charge is 2.50. The minimum absolute atomic E-state index is 0.0480. The van der Waals surface area contributed by atoms with Crippen LogP contribution in [0.3, 0.4) is 0 Å². The van der Waals surface area contributed by atoms with Crippen molar-refractivity contribution in [3.8, 4) is 17.2 Å². The average molecular weight is 1090 g/mol. The monoisotopic (exact) mass is 1090 g/mol. The number of carbonyl (C=O) groups excluding carboxylic acids is 4. The maximum Gasteiger partial charge on any atom is 0.341 e. The van der Waals surface area contributed by atoms with Gasteiger partial charge in [-0.05, 0) is 157 Å². The first-order chi connectivity index (χ1) is 37.9. The molecule has 78 heavy (non-hydrogen) atoms. The summed E-state index contributed by atoms with van der Waals surface area (Å²) in [6.45, 7) is 6.55. The number of fused-ring (bicyclic) bond motifs is 2. The summed E-state index contributed by atoms with van der Waals surface area (Å²) in [6, 6.07) is 16.8. The van der Waals surface area contributed by atoms with E-state index in [9.17, 15) is 28.0 Å². The number of halogens is 4. The second-order valence-corrected chi connectivity index (χ2v) is 21.2. The Morgan fingerprint density at radius 2 is 0.731 bits per heavy atom. The fourth-order valence-corrected chi connectivity index (χ4v) is 11.8. The molecule has 0 aliphatic heterocycles. The van der Waals surface area contributed by atoms with E-state index < -0.39 is 71.6 Å². The van der Waals surface area contributed by atoms with Crippen LogP contribution in [0.5, 0.6) is 17.2 Å². The van der Waals surface area contributed by atoms with Gasteiger partial charge in [-0.15, -0.1) is 0 Å². The number of ether oxygens (including phenoxy) is 8. The molecule has 0 N–H and O–H groups in total. The maximum atomic E-state index is 15.2. The second-order valence-electron chi connectivity index (χ2n) is 21.2. The van der Waals surface area contributed by atoms with Gasteiger partial charge in [0, 0.05) is 55.1 Å². The molecule has 0 aromatic heterocycles. The molecule has 8 rings (SSSR count). The van der Waals surface area contributed by atoms with Crippen LogP contribution in [0.25, 0.3) is 0 Å². The maximum absolute atomic E-state index is 15.2. The van der Waals surface area contributed by atoms with Crippen molar-refractivity contribution < 1.29 is 74.6 Å². The van der Waals surface area contributed by atoms with Gasteiger partial charge in [-0.2, -0.15) is 0 Å². The van der Waals surface area contributed by atoms with Crippen LogP contribution in [0, 0.1) is 46.9 Å². The number of unbranched alkanes of at least 4 members (excludes halogenated alkanes) is 6. The van der Waals surface area contributed by atoms with Gasteiger partial charge in [0.15, 0.2) is 0 Å². The summed E-state index contributed by atoms with van der Waals surface area (Å²) in [5.74, 6) is -5.16. The largest absolute Gasteiger partial charge is 0.493 e. The Balaban J connectivity index is 0.683. The van der Waals surface area contributed by atoms with Gasteiger partial charge in [0.05, 0.1) is 42.1 Å². The third kappa shape index (κ3) is 15.3. The predicted molar refractivity (Wildman–Crippen MR) is 282 cm³/mol. The molecule has 4 aromatic carbocycles. The van der Waals surface area contributed by atoms with E-state index >= 15 is 8.78 Å². The lowest BCUT2D eigenvalue weighted by Crippen LogP contribution is -2.27. The number of aryl methyl sites for hydroxylation is 1. The SMILES string of the molecule is CCCCCCOc1ccc(C(=O)O[C@H]2CC[C@H]3C(OC(=O)c4ccc(OCCCCCCOc5ccc(C(=O)O[C@@H]6CC[C@@H]7[C@H]6CC[C@@H]7OC(=O)c6ccc(CCCOCCC)cc6F)c(F)c5)cc4F)CC[C@@H]23)c(F)c1. The molecule has 8 atom stereocenters. The van der Waals surface area contributed by atoms with Crippen molar-refractivity contribution in [1.29, 1.82) is 0 Å². The van der Waals surface area contributed by atoms with E-state index in [0.717, 1.165) is 63.0 Å². The molecule has 12 nitrogen and oxygen atoms in total. The first kappa shape index (κ1) is 58.0. The highest BCUT2D eigenvalue weighted by Crippen LogP contribution is 2.49. The molecule has 4 aliphatic rings. The van der Waals surface area contributed by atoms with Crippen molar-refractivity contribution in [2.45, 2.75) is 160 Å². The van der Waals surface area contributed by atoms with Crippen molar-refractivity contribution in [2.24, 2.45) is 23.7 Å². The molecular weight excluding hydrogens is 1010 g/mol. The summed E-state index contributed by atoms with van der Waals surface area (Å²) >= 11 is 0. The summed E-state index contributed by atoms with van der Waals surface area (Å²) in [5, 5.41) is 0. The summed E-state index contributed by atoms with van der Waals surface area (Å²) in [7, 11) is 0. The van der Waals surface area contributed by atoms with E-state index in [-0.39, 0.29) is 57.4 Å². The van der Waals surface area contributed by atoms with Gasteiger partial charge >= 0.3 is 23.9 Å². The van der Waals surface area contributed by atoms with Crippen LogP contribution in [0.2, 0.25) is 0 Å². The molecule has 16 heteroatoms. The standard InChI is InChI=1S/C62H74F4O12/c1-3-5-6-9-32-72-40-15-19-48(52(64)36-40)60(68)77-57-28-24-46-45(57)25-29-58(46)78-62(70)50-21-17-42(38-54(50)66)74-34-11-8-7-10-33-73-41-16-20-49(53(65)37-41)61(69)76-56-27-23-43-44(56)22-26-55(43)75-59(67)47-18-14-39(35-51(47)63)13-12-31-71-30-4-2/h14-21,35-38,43-46,55-58H,3-13,22-34H2,1-2H3/t43-,44-,45-,46-,55+,56-,57+,58?/m1/s1. The van der Waals surface area contributed by atoms with Crippen molar-refractivity contribution in [1.82, 2.24) is 0 Å². The van der Waals surface area contributed by atoms with Gasteiger partial charge in [0.2, 0.25) is 0 Å². The lowest BCUT2D eigenvalue weighted by molar-refractivity contribution is 0.00898. The van der Waals surface area contributed by atoms with Crippen LogP contribution >= 0.6 is 0 Å². The van der Waals surface area contributed by atoms with Gasteiger partial charge in [0.1, 0.15) is 64.9 Å². The summed E-state index contributed by atoms with van der Waals surface area (Å²) in [6.07, 6.45) is 12.4.